The molecule has 0 aromatic heterocycles. The molecule has 0 spiro atoms. The molecule has 13 heavy (non-hydrogen) atoms. The third-order valence-corrected chi connectivity index (χ3v) is 3.40. The molecule has 0 aliphatic carbocycles. The Morgan fingerprint density at radius 2 is 1.69 bits per heavy atom. The summed E-state index contributed by atoms with van der Waals surface area (Å²) in [5, 5.41) is 0.815. The highest BCUT2D eigenvalue weighted by Crippen LogP contribution is 2.21. The van der Waals surface area contributed by atoms with E-state index in [2.05, 4.69) is 17.0 Å². The van der Waals surface area contributed by atoms with E-state index in [1.54, 1.807) is 0 Å². The molecule has 0 radical (unpaired) electrons. The van der Waals surface area contributed by atoms with Crippen molar-refractivity contribution in [2.75, 3.05) is 29.5 Å². The molecule has 1 aromatic carbocycles. The van der Waals surface area contributed by atoms with Crippen molar-refractivity contribution in [3.05, 3.63) is 29.3 Å². The number of nitrogens with zero attached hydrogens (tertiary/aromatic N) is 1. The third-order valence-electron chi connectivity index (χ3n) is 2.20. The van der Waals surface area contributed by atoms with Crippen LogP contribution in [0.25, 0.3) is 0 Å². The van der Waals surface area contributed by atoms with Crippen LogP contribution in [0.3, 0.4) is 0 Å². The molecule has 70 valence electrons. The van der Waals surface area contributed by atoms with Crippen LogP contribution in [0, 0.1) is 0 Å². The van der Waals surface area contributed by atoms with Gasteiger partial charge in [-0.1, -0.05) is 11.6 Å². The zero-order valence-electron chi connectivity index (χ0n) is 7.37. The van der Waals surface area contributed by atoms with Gasteiger partial charge in [-0.05, 0) is 24.3 Å². The van der Waals surface area contributed by atoms with E-state index in [0.29, 0.717) is 0 Å². The molecule has 1 aliphatic rings. The van der Waals surface area contributed by atoms with E-state index in [-0.39, 0.29) is 0 Å². The number of anilines is 1. The monoisotopic (exact) mass is 213 g/mol. The zero-order chi connectivity index (χ0) is 9.10. The maximum atomic E-state index is 5.83. The average molecular weight is 214 g/mol. The van der Waals surface area contributed by atoms with E-state index in [4.69, 9.17) is 11.6 Å². The summed E-state index contributed by atoms with van der Waals surface area (Å²) in [6.45, 7) is 2.32. The molecule has 1 fully saturated rings. The van der Waals surface area contributed by atoms with Crippen LogP contribution in [-0.2, 0) is 0 Å². The number of thioether (sulfide) groups is 1. The first-order chi connectivity index (χ1) is 6.36. The first-order valence-electron chi connectivity index (χ1n) is 4.44. The SMILES string of the molecule is Clc1ccc(N2CCSCC2)cc1. The number of halogens is 1. The van der Waals surface area contributed by atoms with E-state index in [9.17, 15) is 0 Å². The molecular weight excluding hydrogens is 202 g/mol. The highest BCUT2D eigenvalue weighted by molar-refractivity contribution is 7.99. The molecule has 1 aliphatic heterocycles. The Balaban J connectivity index is 2.10. The first-order valence-corrected chi connectivity index (χ1v) is 5.98. The van der Waals surface area contributed by atoms with Crippen molar-refractivity contribution < 1.29 is 0 Å². The summed E-state index contributed by atoms with van der Waals surface area (Å²) in [6, 6.07) is 8.11. The number of rotatable bonds is 1. The summed E-state index contributed by atoms with van der Waals surface area (Å²) in [6.07, 6.45) is 0. The second kappa shape index (κ2) is 4.25. The van der Waals surface area contributed by atoms with E-state index < -0.39 is 0 Å². The fraction of sp³-hybridized carbons (Fsp3) is 0.400. The fourth-order valence-electron chi connectivity index (χ4n) is 1.47. The summed E-state index contributed by atoms with van der Waals surface area (Å²) >= 11 is 7.86. The van der Waals surface area contributed by atoms with Gasteiger partial charge in [0.25, 0.3) is 0 Å². The predicted molar refractivity (Wildman–Crippen MR) is 61.0 cm³/mol. The normalized spacial score (nSPS) is 17.5. The van der Waals surface area contributed by atoms with Gasteiger partial charge in [0, 0.05) is 35.3 Å². The molecular formula is C10H12ClNS. The molecule has 1 heterocycles. The molecule has 3 heteroatoms. The maximum Gasteiger partial charge on any atom is 0.0407 e. The van der Waals surface area contributed by atoms with Crippen LogP contribution in [0.2, 0.25) is 5.02 Å². The maximum absolute atomic E-state index is 5.83. The summed E-state index contributed by atoms with van der Waals surface area (Å²) < 4.78 is 0. The van der Waals surface area contributed by atoms with Crippen LogP contribution < -0.4 is 4.90 Å². The van der Waals surface area contributed by atoms with Gasteiger partial charge in [0.15, 0.2) is 0 Å². The van der Waals surface area contributed by atoms with Crippen LogP contribution in [0.4, 0.5) is 5.69 Å². The lowest BCUT2D eigenvalue weighted by molar-refractivity contribution is 0.859. The van der Waals surface area contributed by atoms with Crippen LogP contribution in [-0.4, -0.2) is 24.6 Å². The molecule has 0 N–H and O–H groups in total. The van der Waals surface area contributed by atoms with Gasteiger partial charge in [0.2, 0.25) is 0 Å². The third kappa shape index (κ3) is 2.32. The second-order valence-electron chi connectivity index (χ2n) is 3.08. The highest BCUT2D eigenvalue weighted by Gasteiger charge is 2.10. The Kier molecular flexibility index (Phi) is 3.01. The van der Waals surface area contributed by atoms with Gasteiger partial charge in [-0.25, -0.2) is 0 Å². The summed E-state index contributed by atoms with van der Waals surface area (Å²) in [5.74, 6) is 2.48. The van der Waals surface area contributed by atoms with Gasteiger partial charge in [0.1, 0.15) is 0 Å². The molecule has 1 nitrogen and oxygen atoms in total. The topological polar surface area (TPSA) is 3.24 Å². The highest BCUT2D eigenvalue weighted by atomic mass is 35.5. The Bertz CT molecular complexity index is 267. The van der Waals surface area contributed by atoms with E-state index in [1.165, 1.54) is 17.2 Å². The zero-order valence-corrected chi connectivity index (χ0v) is 8.94. The standard InChI is InChI=1S/C10H12ClNS/c11-9-1-3-10(4-2-9)12-5-7-13-8-6-12/h1-4H,5-8H2. The summed E-state index contributed by atoms with van der Waals surface area (Å²) in [4.78, 5) is 2.41. The van der Waals surface area contributed by atoms with Gasteiger partial charge in [0.05, 0.1) is 0 Å². The number of benzene rings is 1. The van der Waals surface area contributed by atoms with Crippen molar-refractivity contribution in [2.45, 2.75) is 0 Å². The van der Waals surface area contributed by atoms with Crippen molar-refractivity contribution >= 4 is 29.1 Å². The first kappa shape index (κ1) is 9.22. The lowest BCUT2D eigenvalue weighted by Gasteiger charge is -2.28. The number of hydrogen-bond donors (Lipinski definition) is 0. The van der Waals surface area contributed by atoms with Crippen molar-refractivity contribution in [1.82, 2.24) is 0 Å². The minimum atomic E-state index is 0.815. The smallest absolute Gasteiger partial charge is 0.0407 e. The molecule has 1 saturated heterocycles. The molecule has 2 rings (SSSR count). The molecule has 1 aromatic rings. The molecule has 0 amide bonds. The Morgan fingerprint density at radius 3 is 2.31 bits per heavy atom. The Morgan fingerprint density at radius 1 is 1.08 bits per heavy atom. The quantitative estimate of drug-likeness (QED) is 0.706. The minimum absolute atomic E-state index is 0.815. The van der Waals surface area contributed by atoms with Crippen LogP contribution >= 0.6 is 23.4 Å². The lowest BCUT2D eigenvalue weighted by Crippen LogP contribution is -2.32. The molecule has 0 bridgehead atoms. The van der Waals surface area contributed by atoms with Crippen molar-refractivity contribution in [3.63, 3.8) is 0 Å². The second-order valence-corrected chi connectivity index (χ2v) is 4.74. The lowest BCUT2D eigenvalue weighted by atomic mass is 10.3. The average Bonchev–Trinajstić information content (AvgIpc) is 2.20. The van der Waals surface area contributed by atoms with Crippen molar-refractivity contribution in [3.8, 4) is 0 Å². The van der Waals surface area contributed by atoms with Crippen molar-refractivity contribution in [2.24, 2.45) is 0 Å². The van der Waals surface area contributed by atoms with Crippen LogP contribution in [0.1, 0.15) is 0 Å². The minimum Gasteiger partial charge on any atom is -0.370 e. The van der Waals surface area contributed by atoms with Crippen molar-refractivity contribution in [1.29, 1.82) is 0 Å². The molecule has 0 atom stereocenters. The molecule has 0 unspecified atom stereocenters. The molecule has 0 saturated carbocycles. The Hall–Kier alpha value is -0.340. The summed E-state index contributed by atoms with van der Waals surface area (Å²) in [5.41, 5.74) is 1.30. The predicted octanol–water partition coefficient (Wildman–Crippen LogP) is 2.89. The van der Waals surface area contributed by atoms with Gasteiger partial charge < -0.3 is 4.90 Å². The Labute approximate surface area is 88.1 Å². The van der Waals surface area contributed by atoms with E-state index in [1.807, 2.05) is 23.9 Å². The van der Waals surface area contributed by atoms with Gasteiger partial charge in [-0.15, -0.1) is 0 Å². The van der Waals surface area contributed by atoms with E-state index in [0.717, 1.165) is 18.1 Å². The number of hydrogen-bond acceptors (Lipinski definition) is 2. The van der Waals surface area contributed by atoms with Gasteiger partial charge in [-0.3, -0.25) is 0 Å². The van der Waals surface area contributed by atoms with Crippen LogP contribution in [0.15, 0.2) is 24.3 Å². The largest absolute Gasteiger partial charge is 0.370 e. The fourth-order valence-corrected chi connectivity index (χ4v) is 2.50. The van der Waals surface area contributed by atoms with Gasteiger partial charge >= 0.3 is 0 Å². The van der Waals surface area contributed by atoms with Gasteiger partial charge in [-0.2, -0.15) is 11.8 Å². The van der Waals surface area contributed by atoms with E-state index >= 15 is 0 Å². The van der Waals surface area contributed by atoms with Crippen LogP contribution in [0.5, 0.6) is 0 Å². The summed E-state index contributed by atoms with van der Waals surface area (Å²) in [7, 11) is 0.